The van der Waals surface area contributed by atoms with Gasteiger partial charge in [0.1, 0.15) is 5.75 Å². The van der Waals surface area contributed by atoms with Gasteiger partial charge in [0.05, 0.1) is 29.6 Å². The molecule has 1 saturated carbocycles. The first kappa shape index (κ1) is 33.7. The smallest absolute Gasteiger partial charge is 0.264 e. The normalized spacial score (nSPS) is 33.2. The zero-order chi connectivity index (χ0) is 33.8. The molecule has 2 bridgehead atoms. The lowest BCUT2D eigenvalue weighted by Gasteiger charge is -2.50. The summed E-state index contributed by atoms with van der Waals surface area (Å²) in [5, 5.41) is 12.3. The number of anilines is 1. The van der Waals surface area contributed by atoms with Crippen molar-refractivity contribution in [1.82, 2.24) is 9.62 Å². The molecule has 0 radical (unpaired) electrons. The Bertz CT molecular complexity index is 1700. The van der Waals surface area contributed by atoms with Gasteiger partial charge in [0.15, 0.2) is 0 Å². The standard InChI is InChI=1S/C37H48ClN3O6S/c1-24-6-3-15-37(44,20-34(42)40-16-5-17-40)31-11-8-28(31)21-41-22-36(14-4-7-26-18-29(38)10-12-30(26)36)23-47-33-13-9-27(19-32(33)41)35(43)39-48(45,46)25(24)2/h9-10,12-13,18-19,24-25,28,31,44H,3-8,11,14-17,20-23H2,1-2H3,(H,39,43)/t24-,25+,28-,31+,36-,37+/m0/s1. The predicted octanol–water partition coefficient (Wildman–Crippen LogP) is 5.46. The lowest BCUT2D eigenvalue weighted by molar-refractivity contribution is -0.149. The fourth-order valence-corrected chi connectivity index (χ4v) is 10.4. The van der Waals surface area contributed by atoms with Crippen LogP contribution in [0.25, 0.3) is 0 Å². The predicted molar refractivity (Wildman–Crippen MR) is 186 cm³/mol. The number of likely N-dealkylation sites (tertiary alicyclic amines) is 1. The molecule has 2 aliphatic carbocycles. The summed E-state index contributed by atoms with van der Waals surface area (Å²) in [6.45, 7) is 6.71. The van der Waals surface area contributed by atoms with E-state index < -0.39 is 26.8 Å². The first-order chi connectivity index (χ1) is 22.9. The zero-order valence-electron chi connectivity index (χ0n) is 28.0. The van der Waals surface area contributed by atoms with Gasteiger partial charge in [0.25, 0.3) is 5.91 Å². The molecule has 9 nitrogen and oxygen atoms in total. The lowest BCUT2D eigenvalue weighted by atomic mass is 9.61. The van der Waals surface area contributed by atoms with Gasteiger partial charge in [0.2, 0.25) is 15.9 Å². The van der Waals surface area contributed by atoms with E-state index in [1.165, 1.54) is 11.1 Å². The fourth-order valence-electron chi connectivity index (χ4n) is 8.93. The van der Waals surface area contributed by atoms with Gasteiger partial charge in [-0.25, -0.2) is 13.1 Å². The maximum absolute atomic E-state index is 13.5. The minimum absolute atomic E-state index is 0.00472. The second-order valence-electron chi connectivity index (χ2n) is 15.3. The molecule has 11 heteroatoms. The van der Waals surface area contributed by atoms with E-state index in [4.69, 9.17) is 16.3 Å². The molecule has 260 valence electrons. The number of fused-ring (bicyclic) bond motifs is 4. The number of nitrogens with zero attached hydrogens (tertiary/aromatic N) is 2. The molecule has 5 aliphatic rings. The van der Waals surface area contributed by atoms with Crippen molar-refractivity contribution in [2.75, 3.05) is 37.7 Å². The van der Waals surface area contributed by atoms with Crippen LogP contribution in [0.2, 0.25) is 5.02 Å². The molecule has 0 unspecified atom stereocenters. The van der Waals surface area contributed by atoms with Crippen LogP contribution >= 0.6 is 11.6 Å². The minimum Gasteiger partial charge on any atom is -0.490 e. The summed E-state index contributed by atoms with van der Waals surface area (Å²) in [4.78, 5) is 31.0. The second kappa shape index (κ2) is 12.8. The van der Waals surface area contributed by atoms with Crippen molar-refractivity contribution in [3.63, 3.8) is 0 Å². The van der Waals surface area contributed by atoms with Crippen molar-refractivity contribution in [3.05, 3.63) is 58.1 Å². The quantitative estimate of drug-likeness (QED) is 0.428. The van der Waals surface area contributed by atoms with Gasteiger partial charge in [0, 0.05) is 42.2 Å². The van der Waals surface area contributed by atoms with E-state index in [-0.39, 0.29) is 41.1 Å². The monoisotopic (exact) mass is 697 g/mol. The molecule has 1 spiro atoms. The number of hydrogen-bond donors (Lipinski definition) is 2. The van der Waals surface area contributed by atoms with Gasteiger partial charge in [-0.3, -0.25) is 9.59 Å². The van der Waals surface area contributed by atoms with Gasteiger partial charge in [-0.2, -0.15) is 0 Å². The van der Waals surface area contributed by atoms with E-state index in [0.29, 0.717) is 49.7 Å². The molecule has 2 aromatic rings. The van der Waals surface area contributed by atoms with Crippen molar-refractivity contribution in [3.8, 4) is 5.75 Å². The maximum Gasteiger partial charge on any atom is 0.264 e. The first-order valence-electron chi connectivity index (χ1n) is 17.7. The summed E-state index contributed by atoms with van der Waals surface area (Å²) in [6, 6.07) is 11.3. The molecular formula is C37H48ClN3O6S. The van der Waals surface area contributed by atoms with Crippen LogP contribution in [0.1, 0.15) is 93.1 Å². The number of carbonyl (C=O) groups excluding carboxylic acids is 2. The van der Waals surface area contributed by atoms with Gasteiger partial charge in [-0.1, -0.05) is 31.0 Å². The highest BCUT2D eigenvalue weighted by atomic mass is 35.5. The Morgan fingerprint density at radius 2 is 1.88 bits per heavy atom. The largest absolute Gasteiger partial charge is 0.490 e. The number of rotatable bonds is 2. The third kappa shape index (κ3) is 6.22. The van der Waals surface area contributed by atoms with Gasteiger partial charge >= 0.3 is 0 Å². The highest BCUT2D eigenvalue weighted by Gasteiger charge is 2.50. The summed E-state index contributed by atoms with van der Waals surface area (Å²) in [6.07, 6.45) is 7.29. The molecular weight excluding hydrogens is 650 g/mol. The molecule has 2 N–H and O–H groups in total. The van der Waals surface area contributed by atoms with Crippen LogP contribution in [0.15, 0.2) is 36.4 Å². The summed E-state index contributed by atoms with van der Waals surface area (Å²) in [5.41, 5.74) is 1.96. The van der Waals surface area contributed by atoms with Crippen molar-refractivity contribution < 1.29 is 27.9 Å². The number of ether oxygens (including phenoxy) is 1. The first-order valence-corrected chi connectivity index (χ1v) is 19.7. The molecule has 6 atom stereocenters. The van der Waals surface area contributed by atoms with Crippen LogP contribution in [0, 0.1) is 17.8 Å². The van der Waals surface area contributed by atoms with E-state index >= 15 is 0 Å². The summed E-state index contributed by atoms with van der Waals surface area (Å²) >= 11 is 6.44. The Hall–Kier alpha value is -2.82. The molecule has 3 aliphatic heterocycles. The van der Waals surface area contributed by atoms with Gasteiger partial charge < -0.3 is 19.6 Å². The van der Waals surface area contributed by atoms with Crippen molar-refractivity contribution in [1.29, 1.82) is 0 Å². The van der Waals surface area contributed by atoms with E-state index in [9.17, 15) is 23.1 Å². The number of hydrogen-bond acceptors (Lipinski definition) is 7. The van der Waals surface area contributed by atoms with Crippen LogP contribution < -0.4 is 14.4 Å². The summed E-state index contributed by atoms with van der Waals surface area (Å²) in [5.74, 6) is -0.186. The number of halogens is 1. The molecule has 2 amide bonds. The number of sulfonamides is 1. The Morgan fingerprint density at radius 1 is 1.06 bits per heavy atom. The van der Waals surface area contributed by atoms with Crippen molar-refractivity contribution >= 4 is 39.1 Å². The van der Waals surface area contributed by atoms with Gasteiger partial charge in [-0.05, 0) is 118 Å². The molecule has 0 aromatic heterocycles. The van der Waals surface area contributed by atoms with Crippen LogP contribution in [0.4, 0.5) is 5.69 Å². The molecule has 1 saturated heterocycles. The number of amides is 2. The van der Waals surface area contributed by atoms with E-state index in [2.05, 4.69) is 21.8 Å². The number of aryl methyl sites for hydroxylation is 1. The maximum atomic E-state index is 13.5. The highest BCUT2D eigenvalue weighted by molar-refractivity contribution is 7.90. The zero-order valence-corrected chi connectivity index (χ0v) is 29.6. The van der Waals surface area contributed by atoms with Crippen LogP contribution in [-0.2, 0) is 26.7 Å². The summed E-state index contributed by atoms with van der Waals surface area (Å²) < 4.78 is 35.8. The highest BCUT2D eigenvalue weighted by Crippen LogP contribution is 2.50. The SMILES string of the molecule is C[C@@H]1[C@@H](C)CCC[C@@](O)(CC(=O)N2CCC2)[C@@H]2CC[C@H]2CN2C[C@@]3(CCCc4cc(Cl)ccc43)COc3ccc(cc32)C(=O)NS1(=O)=O. The third-order valence-corrected chi connectivity index (χ3v) is 14.5. The molecule has 2 aromatic carbocycles. The van der Waals surface area contributed by atoms with E-state index in [1.807, 2.05) is 17.9 Å². The Labute approximate surface area is 289 Å². The summed E-state index contributed by atoms with van der Waals surface area (Å²) in [7, 11) is -3.98. The fraction of sp³-hybridized carbons (Fsp3) is 0.622. The van der Waals surface area contributed by atoms with Gasteiger partial charge in [-0.15, -0.1) is 0 Å². The van der Waals surface area contributed by atoms with Crippen molar-refractivity contribution in [2.45, 2.75) is 94.3 Å². The third-order valence-electron chi connectivity index (χ3n) is 12.3. The Balaban J connectivity index is 1.29. The van der Waals surface area contributed by atoms with Crippen molar-refractivity contribution in [2.24, 2.45) is 17.8 Å². The number of carbonyl (C=O) groups is 2. The average molecular weight is 698 g/mol. The lowest BCUT2D eigenvalue weighted by Crippen LogP contribution is -2.55. The Kier molecular flexibility index (Phi) is 8.99. The van der Waals surface area contributed by atoms with Crippen LogP contribution in [0.5, 0.6) is 5.75 Å². The molecule has 2 fully saturated rings. The molecule has 3 heterocycles. The molecule has 7 rings (SSSR count). The topological polar surface area (TPSA) is 116 Å². The Morgan fingerprint density at radius 3 is 2.60 bits per heavy atom. The minimum atomic E-state index is -3.98. The van der Waals surface area contributed by atoms with Crippen LogP contribution in [0.3, 0.4) is 0 Å². The van der Waals surface area contributed by atoms with Crippen LogP contribution in [-0.4, -0.2) is 73.9 Å². The van der Waals surface area contributed by atoms with E-state index in [0.717, 1.165) is 57.3 Å². The average Bonchev–Trinajstić information content (AvgIpc) is 3.13. The number of benzene rings is 2. The second-order valence-corrected chi connectivity index (χ2v) is 17.8. The number of nitrogens with one attached hydrogen (secondary N) is 1. The number of aliphatic hydroxyl groups is 1. The van der Waals surface area contributed by atoms with E-state index in [1.54, 1.807) is 25.1 Å². The molecule has 48 heavy (non-hydrogen) atoms.